The highest BCUT2D eigenvalue weighted by molar-refractivity contribution is 7.99. The zero-order chi connectivity index (χ0) is 12.0. The number of rotatable bonds is 7. The molecule has 0 aliphatic carbocycles. The van der Waals surface area contributed by atoms with Crippen LogP contribution >= 0.6 is 11.8 Å². The van der Waals surface area contributed by atoms with Crippen molar-refractivity contribution in [2.24, 2.45) is 0 Å². The smallest absolute Gasteiger partial charge is 0.313 e. The summed E-state index contributed by atoms with van der Waals surface area (Å²) in [6.45, 7) is 0.661. The fourth-order valence-corrected chi connectivity index (χ4v) is 2.27. The summed E-state index contributed by atoms with van der Waals surface area (Å²) in [6.07, 6.45) is 3.98. The number of carbonyl (C=O) groups is 1. The van der Waals surface area contributed by atoms with Crippen molar-refractivity contribution < 1.29 is 14.1 Å². The van der Waals surface area contributed by atoms with E-state index in [1.807, 2.05) is 0 Å². The lowest BCUT2D eigenvalue weighted by Crippen LogP contribution is -2.05. The molecule has 1 aromatic heterocycles. The molecule has 6 nitrogen and oxygen atoms in total. The van der Waals surface area contributed by atoms with Crippen molar-refractivity contribution in [1.82, 2.24) is 14.8 Å². The number of hydrogen-bond donors (Lipinski definition) is 1. The zero-order valence-corrected chi connectivity index (χ0v) is 10.5. The average Bonchev–Trinajstić information content (AvgIpc) is 2.62. The normalized spacial score (nSPS) is 12.6. The van der Waals surface area contributed by atoms with Crippen LogP contribution in [0.15, 0.2) is 11.5 Å². The van der Waals surface area contributed by atoms with Crippen LogP contribution in [-0.2, 0) is 22.1 Å². The Kier molecular flexibility index (Phi) is 5.47. The molecule has 0 amide bonds. The third-order valence-corrected chi connectivity index (χ3v) is 3.56. The van der Waals surface area contributed by atoms with Crippen LogP contribution in [0, 0.1) is 0 Å². The predicted molar refractivity (Wildman–Crippen MR) is 61.9 cm³/mol. The van der Waals surface area contributed by atoms with Gasteiger partial charge in [-0.1, -0.05) is 11.8 Å². The number of carboxylic acid groups (broad SMARTS) is 1. The van der Waals surface area contributed by atoms with Gasteiger partial charge in [-0.2, -0.15) is 0 Å². The highest BCUT2D eigenvalue weighted by Crippen LogP contribution is 2.14. The van der Waals surface area contributed by atoms with E-state index in [0.29, 0.717) is 17.5 Å². The molecule has 1 heterocycles. The molecule has 90 valence electrons. The molecule has 0 fully saturated rings. The number of thioether (sulfide) groups is 1. The molecule has 16 heavy (non-hydrogen) atoms. The molecular formula is C8H13N3O3S2. The molecule has 1 atom stereocenters. The van der Waals surface area contributed by atoms with Crippen molar-refractivity contribution >= 4 is 28.5 Å². The summed E-state index contributed by atoms with van der Waals surface area (Å²) in [5.41, 5.74) is 0. The molecule has 0 radical (unpaired) electrons. The van der Waals surface area contributed by atoms with Crippen molar-refractivity contribution in [3.05, 3.63) is 6.33 Å². The van der Waals surface area contributed by atoms with Gasteiger partial charge in [0.25, 0.3) is 0 Å². The average molecular weight is 263 g/mol. The number of aromatic nitrogens is 3. The summed E-state index contributed by atoms with van der Waals surface area (Å²) in [6, 6.07) is 0. The van der Waals surface area contributed by atoms with E-state index in [1.165, 1.54) is 0 Å². The zero-order valence-electron chi connectivity index (χ0n) is 8.83. The maximum atomic E-state index is 10.9. The maximum absolute atomic E-state index is 10.9. The first-order valence-corrected chi connectivity index (χ1v) is 7.33. The molecule has 1 rings (SSSR count). The second kappa shape index (κ2) is 6.64. The number of hydrogen-bond acceptors (Lipinski definition) is 5. The topological polar surface area (TPSA) is 85.1 Å². The largest absolute Gasteiger partial charge is 0.481 e. The Morgan fingerprint density at radius 3 is 3.06 bits per heavy atom. The third-order valence-electron chi connectivity index (χ3n) is 1.74. The lowest BCUT2D eigenvalue weighted by Gasteiger charge is -2.03. The van der Waals surface area contributed by atoms with Crippen molar-refractivity contribution in [1.29, 1.82) is 0 Å². The Morgan fingerprint density at radius 1 is 1.69 bits per heavy atom. The Bertz CT molecular complexity index is 380. The Hall–Kier alpha value is -0.890. The molecule has 0 saturated carbocycles. The number of aryl methyl sites for hydroxylation is 1. The first-order valence-electron chi connectivity index (χ1n) is 4.62. The van der Waals surface area contributed by atoms with Crippen LogP contribution < -0.4 is 0 Å². The molecule has 1 unspecified atom stereocenters. The van der Waals surface area contributed by atoms with E-state index < -0.39 is 16.8 Å². The molecule has 0 aromatic carbocycles. The van der Waals surface area contributed by atoms with Crippen LogP contribution in [0.25, 0.3) is 0 Å². The van der Waals surface area contributed by atoms with Gasteiger partial charge < -0.3 is 9.67 Å². The molecule has 0 spiro atoms. The van der Waals surface area contributed by atoms with Crippen LogP contribution in [0.5, 0.6) is 0 Å². The van der Waals surface area contributed by atoms with E-state index >= 15 is 0 Å². The molecule has 1 aromatic rings. The molecule has 1 N–H and O–H groups in total. The predicted octanol–water partition coefficient (Wildman–Crippen LogP) is 0.223. The van der Waals surface area contributed by atoms with Gasteiger partial charge in [0, 0.05) is 29.4 Å². The van der Waals surface area contributed by atoms with E-state index in [1.54, 1.807) is 17.2 Å². The fraction of sp³-hybridized carbons (Fsp3) is 0.625. The Balaban J connectivity index is 2.43. The third kappa shape index (κ3) is 4.75. The van der Waals surface area contributed by atoms with Gasteiger partial charge in [0.2, 0.25) is 0 Å². The second-order valence-corrected chi connectivity index (χ2v) is 5.62. The van der Waals surface area contributed by atoms with Crippen molar-refractivity contribution in [2.75, 3.05) is 17.8 Å². The first-order chi connectivity index (χ1) is 7.59. The van der Waals surface area contributed by atoms with Crippen molar-refractivity contribution in [2.45, 2.75) is 18.1 Å². The van der Waals surface area contributed by atoms with Crippen LogP contribution in [0.1, 0.15) is 6.42 Å². The second-order valence-electron chi connectivity index (χ2n) is 3.12. The highest BCUT2D eigenvalue weighted by Gasteiger charge is 2.07. The fourth-order valence-electron chi connectivity index (χ4n) is 1.07. The Labute approximate surface area is 99.9 Å². The van der Waals surface area contributed by atoms with Crippen LogP contribution in [-0.4, -0.2) is 47.8 Å². The monoisotopic (exact) mass is 263 g/mol. The van der Waals surface area contributed by atoms with Gasteiger partial charge in [-0.3, -0.25) is 9.00 Å². The van der Waals surface area contributed by atoms with Crippen molar-refractivity contribution in [3.63, 3.8) is 0 Å². The molecule has 0 saturated heterocycles. The van der Waals surface area contributed by atoms with E-state index in [-0.39, 0.29) is 5.75 Å². The van der Waals surface area contributed by atoms with Crippen LogP contribution in [0.4, 0.5) is 0 Å². The van der Waals surface area contributed by atoms with E-state index in [4.69, 9.17) is 5.11 Å². The van der Waals surface area contributed by atoms with Gasteiger partial charge >= 0.3 is 5.97 Å². The summed E-state index contributed by atoms with van der Waals surface area (Å²) in [5, 5.41) is 16.7. The van der Waals surface area contributed by atoms with E-state index in [0.717, 1.165) is 18.2 Å². The minimum atomic E-state index is -0.880. The quantitative estimate of drug-likeness (QED) is 0.708. The van der Waals surface area contributed by atoms with Crippen LogP contribution in [0.2, 0.25) is 0 Å². The molecule has 0 aliphatic heterocycles. The SMILES string of the molecule is CS(=O)CCCn1cnnc1SCC(=O)O. The van der Waals surface area contributed by atoms with Crippen LogP contribution in [0.3, 0.4) is 0 Å². The maximum Gasteiger partial charge on any atom is 0.313 e. The van der Waals surface area contributed by atoms with Gasteiger partial charge in [-0.25, -0.2) is 0 Å². The van der Waals surface area contributed by atoms with Gasteiger partial charge in [-0.05, 0) is 6.42 Å². The summed E-state index contributed by atoms with van der Waals surface area (Å²) >= 11 is 1.13. The minimum Gasteiger partial charge on any atom is -0.481 e. The molecule has 0 bridgehead atoms. The van der Waals surface area contributed by atoms with Gasteiger partial charge in [0.05, 0.1) is 5.75 Å². The first kappa shape index (κ1) is 13.2. The van der Waals surface area contributed by atoms with Crippen molar-refractivity contribution in [3.8, 4) is 0 Å². The van der Waals surface area contributed by atoms with Gasteiger partial charge in [0.15, 0.2) is 5.16 Å². The lowest BCUT2D eigenvalue weighted by molar-refractivity contribution is -0.133. The van der Waals surface area contributed by atoms with E-state index in [9.17, 15) is 9.00 Å². The summed E-state index contributed by atoms with van der Waals surface area (Å²) < 4.78 is 12.6. The summed E-state index contributed by atoms with van der Waals surface area (Å²) in [5.74, 6) is -0.284. The minimum absolute atomic E-state index is 0.0294. The highest BCUT2D eigenvalue weighted by atomic mass is 32.2. The van der Waals surface area contributed by atoms with Gasteiger partial charge in [-0.15, -0.1) is 10.2 Å². The molecule has 8 heteroatoms. The Morgan fingerprint density at radius 2 is 2.44 bits per heavy atom. The summed E-state index contributed by atoms with van der Waals surface area (Å²) in [7, 11) is -0.800. The summed E-state index contributed by atoms with van der Waals surface area (Å²) in [4.78, 5) is 10.4. The standard InChI is InChI=1S/C8H13N3O3S2/c1-16(14)4-2-3-11-6-9-10-8(11)15-5-7(12)13/h6H,2-5H2,1H3,(H,12,13). The number of nitrogens with zero attached hydrogens (tertiary/aromatic N) is 3. The number of carboxylic acids is 1. The molecule has 0 aliphatic rings. The lowest BCUT2D eigenvalue weighted by atomic mass is 10.5. The number of aliphatic carboxylic acids is 1. The van der Waals surface area contributed by atoms with Gasteiger partial charge in [0.1, 0.15) is 6.33 Å². The molecular weight excluding hydrogens is 250 g/mol. The van der Waals surface area contributed by atoms with E-state index in [2.05, 4.69) is 10.2 Å².